The lowest BCUT2D eigenvalue weighted by Gasteiger charge is -2.12. The van der Waals surface area contributed by atoms with Crippen molar-refractivity contribution < 1.29 is 9.59 Å². The van der Waals surface area contributed by atoms with E-state index in [2.05, 4.69) is 0 Å². The fourth-order valence-electron chi connectivity index (χ4n) is 0.898. The molecule has 0 saturated heterocycles. The SMILES string of the molecule is N#CC(C#N)(CCCC(N)=O)C(N)=O. The minimum Gasteiger partial charge on any atom is -0.370 e. The minimum atomic E-state index is -1.84. The van der Waals surface area contributed by atoms with E-state index in [-0.39, 0.29) is 19.3 Å². The van der Waals surface area contributed by atoms with Gasteiger partial charge in [0.15, 0.2) is 0 Å². The molecule has 0 fully saturated rings. The molecule has 4 N–H and O–H groups in total. The highest BCUT2D eigenvalue weighted by molar-refractivity contribution is 5.86. The van der Waals surface area contributed by atoms with E-state index in [9.17, 15) is 9.59 Å². The van der Waals surface area contributed by atoms with Gasteiger partial charge in [0.05, 0.1) is 12.1 Å². The van der Waals surface area contributed by atoms with Crippen LogP contribution in [0.2, 0.25) is 0 Å². The summed E-state index contributed by atoms with van der Waals surface area (Å²) in [6.45, 7) is 0. The first-order valence-corrected chi connectivity index (χ1v) is 3.89. The molecule has 74 valence electrons. The summed E-state index contributed by atoms with van der Waals surface area (Å²) in [4.78, 5) is 21.2. The lowest BCUT2D eigenvalue weighted by Crippen LogP contribution is -2.34. The largest absolute Gasteiger partial charge is 0.370 e. The van der Waals surface area contributed by atoms with Crippen LogP contribution in [0.4, 0.5) is 0 Å². The molecule has 0 heterocycles. The Morgan fingerprint density at radius 2 is 1.71 bits per heavy atom. The van der Waals surface area contributed by atoms with Gasteiger partial charge in [-0.3, -0.25) is 9.59 Å². The molecule has 0 unspecified atom stereocenters. The number of primary amides is 2. The number of hydrogen-bond acceptors (Lipinski definition) is 4. The van der Waals surface area contributed by atoms with E-state index in [1.165, 1.54) is 0 Å². The van der Waals surface area contributed by atoms with Gasteiger partial charge in [0.2, 0.25) is 11.3 Å². The Balaban J connectivity index is 4.43. The zero-order valence-corrected chi connectivity index (χ0v) is 7.49. The molecule has 0 spiro atoms. The summed E-state index contributed by atoms with van der Waals surface area (Å²) >= 11 is 0. The van der Waals surface area contributed by atoms with Crippen molar-refractivity contribution >= 4 is 11.8 Å². The van der Waals surface area contributed by atoms with Gasteiger partial charge in [-0.15, -0.1) is 0 Å². The van der Waals surface area contributed by atoms with Crippen molar-refractivity contribution in [1.29, 1.82) is 10.5 Å². The smallest absolute Gasteiger partial charge is 0.252 e. The fourth-order valence-corrected chi connectivity index (χ4v) is 0.898. The molecule has 0 aliphatic rings. The summed E-state index contributed by atoms with van der Waals surface area (Å²) in [5, 5.41) is 17.2. The summed E-state index contributed by atoms with van der Waals surface area (Å²) in [7, 11) is 0. The average molecular weight is 194 g/mol. The summed E-state index contributed by atoms with van der Waals surface area (Å²) in [5.74, 6) is -1.54. The molecule has 0 aromatic carbocycles. The normalized spacial score (nSPS) is 9.86. The molecular formula is C8H10N4O2. The summed E-state index contributed by atoms with van der Waals surface area (Å²) in [6, 6.07) is 3.10. The van der Waals surface area contributed by atoms with Crippen molar-refractivity contribution in [3.8, 4) is 12.1 Å². The van der Waals surface area contributed by atoms with Crippen LogP contribution in [0.25, 0.3) is 0 Å². The molecule has 0 aromatic heterocycles. The third-order valence-corrected chi connectivity index (χ3v) is 1.78. The van der Waals surface area contributed by atoms with Gasteiger partial charge in [0.1, 0.15) is 0 Å². The van der Waals surface area contributed by atoms with Gasteiger partial charge in [-0.1, -0.05) is 0 Å². The Morgan fingerprint density at radius 3 is 2.00 bits per heavy atom. The number of amides is 2. The lowest BCUT2D eigenvalue weighted by molar-refractivity contribution is -0.123. The van der Waals surface area contributed by atoms with E-state index in [0.29, 0.717) is 0 Å². The number of nitrogens with two attached hydrogens (primary N) is 2. The van der Waals surface area contributed by atoms with Gasteiger partial charge in [-0.2, -0.15) is 10.5 Å². The molecule has 2 amide bonds. The zero-order valence-electron chi connectivity index (χ0n) is 7.49. The quantitative estimate of drug-likeness (QED) is 0.590. The standard InChI is InChI=1S/C8H10N4O2/c9-4-8(5-10,7(12)14)3-1-2-6(11)13/h1-3H2,(H2,11,13)(H2,12,14). The first kappa shape index (κ1) is 11.9. The second-order valence-electron chi connectivity index (χ2n) is 2.81. The summed E-state index contributed by atoms with van der Waals surface area (Å²) < 4.78 is 0. The van der Waals surface area contributed by atoms with Crippen LogP contribution in [0.15, 0.2) is 0 Å². The third-order valence-electron chi connectivity index (χ3n) is 1.78. The second-order valence-corrected chi connectivity index (χ2v) is 2.81. The summed E-state index contributed by atoms with van der Waals surface area (Å²) in [5.41, 5.74) is 7.93. The highest BCUT2D eigenvalue weighted by Crippen LogP contribution is 2.22. The van der Waals surface area contributed by atoms with Crippen molar-refractivity contribution in [3.05, 3.63) is 0 Å². The predicted molar refractivity (Wildman–Crippen MR) is 45.9 cm³/mol. The van der Waals surface area contributed by atoms with E-state index in [1.54, 1.807) is 12.1 Å². The average Bonchev–Trinajstić information content (AvgIpc) is 2.12. The minimum absolute atomic E-state index is 0.0262. The highest BCUT2D eigenvalue weighted by Gasteiger charge is 2.36. The van der Waals surface area contributed by atoms with Gasteiger partial charge in [-0.05, 0) is 12.8 Å². The monoisotopic (exact) mass is 194 g/mol. The van der Waals surface area contributed by atoms with Crippen molar-refractivity contribution in [2.75, 3.05) is 0 Å². The van der Waals surface area contributed by atoms with Crippen molar-refractivity contribution in [2.24, 2.45) is 16.9 Å². The van der Waals surface area contributed by atoms with Crippen LogP contribution < -0.4 is 11.5 Å². The van der Waals surface area contributed by atoms with Crippen LogP contribution in [0.5, 0.6) is 0 Å². The fraction of sp³-hybridized carbons (Fsp3) is 0.500. The van der Waals surface area contributed by atoms with Crippen LogP contribution in [0.1, 0.15) is 19.3 Å². The number of carbonyl (C=O) groups is 2. The van der Waals surface area contributed by atoms with Crippen LogP contribution in [-0.4, -0.2) is 11.8 Å². The molecule has 6 heteroatoms. The zero-order chi connectivity index (χ0) is 11.2. The number of nitriles is 2. The Bertz CT molecular complexity index is 309. The molecule has 0 radical (unpaired) electrons. The highest BCUT2D eigenvalue weighted by atomic mass is 16.1. The van der Waals surface area contributed by atoms with Crippen molar-refractivity contribution in [1.82, 2.24) is 0 Å². The molecule has 0 aromatic rings. The van der Waals surface area contributed by atoms with E-state index in [0.717, 1.165) is 0 Å². The molecule has 0 aliphatic heterocycles. The van der Waals surface area contributed by atoms with Crippen molar-refractivity contribution in [3.63, 3.8) is 0 Å². The van der Waals surface area contributed by atoms with Crippen LogP contribution in [0.3, 0.4) is 0 Å². The third kappa shape index (κ3) is 2.76. The number of hydrogen-bond donors (Lipinski definition) is 2. The molecule has 0 atom stereocenters. The van der Waals surface area contributed by atoms with Crippen molar-refractivity contribution in [2.45, 2.75) is 19.3 Å². The van der Waals surface area contributed by atoms with Gasteiger partial charge >= 0.3 is 0 Å². The Hall–Kier alpha value is -2.08. The predicted octanol–water partition coefficient (Wildman–Crippen LogP) is -0.839. The first-order valence-electron chi connectivity index (χ1n) is 3.89. The lowest BCUT2D eigenvalue weighted by atomic mass is 9.85. The summed E-state index contributed by atoms with van der Waals surface area (Å²) in [6.07, 6.45) is 0.149. The molecule has 0 saturated carbocycles. The second kappa shape index (κ2) is 4.83. The van der Waals surface area contributed by atoms with Gasteiger partial charge in [-0.25, -0.2) is 0 Å². The van der Waals surface area contributed by atoms with E-state index in [4.69, 9.17) is 22.0 Å². The Kier molecular flexibility index (Phi) is 4.11. The van der Waals surface area contributed by atoms with E-state index >= 15 is 0 Å². The topological polar surface area (TPSA) is 134 Å². The number of carbonyl (C=O) groups excluding carboxylic acids is 2. The van der Waals surface area contributed by atoms with Gasteiger partial charge in [0.25, 0.3) is 5.91 Å². The van der Waals surface area contributed by atoms with Crippen LogP contribution >= 0.6 is 0 Å². The van der Waals surface area contributed by atoms with Crippen LogP contribution in [-0.2, 0) is 9.59 Å². The Morgan fingerprint density at radius 1 is 1.21 bits per heavy atom. The molecule has 14 heavy (non-hydrogen) atoms. The molecule has 0 bridgehead atoms. The first-order chi connectivity index (χ1) is 6.48. The molecular weight excluding hydrogens is 184 g/mol. The Labute approximate surface area is 81.1 Å². The molecule has 0 aliphatic carbocycles. The molecule has 6 nitrogen and oxygen atoms in total. The van der Waals surface area contributed by atoms with E-state index in [1.807, 2.05) is 0 Å². The molecule has 0 rings (SSSR count). The van der Waals surface area contributed by atoms with Gasteiger partial charge in [0, 0.05) is 6.42 Å². The maximum absolute atomic E-state index is 10.8. The maximum Gasteiger partial charge on any atom is 0.252 e. The van der Waals surface area contributed by atoms with Gasteiger partial charge < -0.3 is 11.5 Å². The number of rotatable bonds is 5. The van der Waals surface area contributed by atoms with Crippen LogP contribution in [0, 0.1) is 28.1 Å². The van der Waals surface area contributed by atoms with E-state index < -0.39 is 17.2 Å². The number of nitrogens with zero attached hydrogens (tertiary/aromatic N) is 2. The maximum atomic E-state index is 10.8.